The molecule has 0 amide bonds. The third-order valence-electron chi connectivity index (χ3n) is 2.69. The summed E-state index contributed by atoms with van der Waals surface area (Å²) in [5, 5.41) is 11.4. The van der Waals surface area contributed by atoms with Crippen LogP contribution in [0.1, 0.15) is 38.6 Å². The van der Waals surface area contributed by atoms with E-state index >= 15 is 0 Å². The molecule has 0 aromatic carbocycles. The van der Waals surface area contributed by atoms with Crippen molar-refractivity contribution in [2.24, 2.45) is 0 Å². The van der Waals surface area contributed by atoms with Crippen molar-refractivity contribution in [2.45, 2.75) is 32.7 Å². The number of aromatic nitrogens is 2. The molecule has 84 valence electrons. The first kappa shape index (κ1) is 10.4. The van der Waals surface area contributed by atoms with Gasteiger partial charge in [-0.2, -0.15) is 0 Å². The lowest BCUT2D eigenvalue weighted by molar-refractivity contribution is 0.422. The van der Waals surface area contributed by atoms with Crippen molar-refractivity contribution >= 4 is 6.01 Å². The van der Waals surface area contributed by atoms with Gasteiger partial charge in [0.15, 0.2) is 0 Å². The van der Waals surface area contributed by atoms with Crippen molar-refractivity contribution in [3.63, 3.8) is 0 Å². The largest absolute Gasteiger partial charge is 0.406 e. The van der Waals surface area contributed by atoms with Gasteiger partial charge in [-0.1, -0.05) is 12.0 Å². The van der Waals surface area contributed by atoms with Crippen molar-refractivity contribution in [3.8, 4) is 0 Å². The zero-order valence-electron chi connectivity index (χ0n) is 9.36. The van der Waals surface area contributed by atoms with E-state index in [-0.39, 0.29) is 6.04 Å². The number of anilines is 1. The molecule has 1 aliphatic heterocycles. The fourth-order valence-electron chi connectivity index (χ4n) is 1.83. The average Bonchev–Trinajstić information content (AvgIpc) is 2.89. The zero-order valence-corrected chi connectivity index (χ0v) is 9.36. The standard InChI is InChI=1S/C10H18N4O/c1-3-11-8(2)9-12-13-10(15-9)14-6-4-5-7-14/h8,11H,3-7H2,1-2H3. The molecule has 1 aliphatic rings. The number of hydrogen-bond donors (Lipinski definition) is 1. The summed E-state index contributed by atoms with van der Waals surface area (Å²) in [7, 11) is 0. The van der Waals surface area contributed by atoms with Crippen LogP contribution in [0.25, 0.3) is 0 Å². The number of hydrogen-bond acceptors (Lipinski definition) is 5. The molecule has 0 spiro atoms. The van der Waals surface area contributed by atoms with Crippen LogP contribution in [0.3, 0.4) is 0 Å². The molecular weight excluding hydrogens is 192 g/mol. The van der Waals surface area contributed by atoms with Crippen LogP contribution < -0.4 is 10.2 Å². The third kappa shape index (κ3) is 2.28. The lowest BCUT2D eigenvalue weighted by Gasteiger charge is -2.10. The molecule has 2 heterocycles. The van der Waals surface area contributed by atoms with Gasteiger partial charge in [-0.05, 0) is 26.3 Å². The predicted octanol–water partition coefficient (Wildman–Crippen LogP) is 1.34. The van der Waals surface area contributed by atoms with Crippen LogP contribution >= 0.6 is 0 Å². The van der Waals surface area contributed by atoms with E-state index in [4.69, 9.17) is 4.42 Å². The van der Waals surface area contributed by atoms with E-state index in [0.29, 0.717) is 11.9 Å². The van der Waals surface area contributed by atoms with E-state index < -0.39 is 0 Å². The Bertz CT molecular complexity index is 306. The van der Waals surface area contributed by atoms with Crippen molar-refractivity contribution in [1.82, 2.24) is 15.5 Å². The Hall–Kier alpha value is -1.10. The van der Waals surface area contributed by atoms with Crippen molar-refractivity contribution < 1.29 is 4.42 Å². The van der Waals surface area contributed by atoms with Crippen LogP contribution in [0.4, 0.5) is 6.01 Å². The maximum atomic E-state index is 5.62. The molecule has 5 heteroatoms. The van der Waals surface area contributed by atoms with Crippen LogP contribution in [-0.2, 0) is 0 Å². The fourth-order valence-corrected chi connectivity index (χ4v) is 1.83. The first-order chi connectivity index (χ1) is 7.31. The Morgan fingerprint density at radius 3 is 2.80 bits per heavy atom. The molecule has 1 atom stereocenters. The van der Waals surface area contributed by atoms with Gasteiger partial charge in [0.25, 0.3) is 0 Å². The Kier molecular flexibility index (Phi) is 3.20. The van der Waals surface area contributed by atoms with E-state index in [1.807, 2.05) is 6.92 Å². The molecule has 2 rings (SSSR count). The lowest BCUT2D eigenvalue weighted by atomic mass is 10.3. The summed E-state index contributed by atoms with van der Waals surface area (Å²) in [6, 6.07) is 0.811. The van der Waals surface area contributed by atoms with Gasteiger partial charge in [0.05, 0.1) is 6.04 Å². The van der Waals surface area contributed by atoms with Crippen molar-refractivity contribution in [3.05, 3.63) is 5.89 Å². The minimum atomic E-state index is 0.138. The first-order valence-electron chi connectivity index (χ1n) is 5.63. The van der Waals surface area contributed by atoms with Gasteiger partial charge in [0.2, 0.25) is 5.89 Å². The quantitative estimate of drug-likeness (QED) is 0.812. The van der Waals surface area contributed by atoms with E-state index in [0.717, 1.165) is 19.6 Å². The molecule has 1 fully saturated rings. The van der Waals surface area contributed by atoms with Crippen LogP contribution in [0.5, 0.6) is 0 Å². The average molecular weight is 210 g/mol. The maximum Gasteiger partial charge on any atom is 0.318 e. The normalized spacial score (nSPS) is 18.4. The van der Waals surface area contributed by atoms with Crippen LogP contribution in [0.15, 0.2) is 4.42 Å². The Morgan fingerprint density at radius 2 is 2.13 bits per heavy atom. The highest BCUT2D eigenvalue weighted by molar-refractivity contribution is 5.25. The predicted molar refractivity (Wildman–Crippen MR) is 57.8 cm³/mol. The monoisotopic (exact) mass is 210 g/mol. The zero-order chi connectivity index (χ0) is 10.7. The summed E-state index contributed by atoms with van der Waals surface area (Å²) in [4.78, 5) is 2.15. The molecule has 0 radical (unpaired) electrons. The van der Waals surface area contributed by atoms with E-state index in [2.05, 4.69) is 27.3 Å². The van der Waals surface area contributed by atoms with Gasteiger partial charge in [0.1, 0.15) is 0 Å². The number of nitrogens with zero attached hydrogens (tertiary/aromatic N) is 3. The summed E-state index contributed by atoms with van der Waals surface area (Å²) < 4.78 is 5.62. The molecule has 0 saturated carbocycles. The second kappa shape index (κ2) is 4.61. The molecule has 0 aliphatic carbocycles. The Balaban J connectivity index is 2.02. The van der Waals surface area contributed by atoms with Gasteiger partial charge >= 0.3 is 6.01 Å². The Morgan fingerprint density at radius 1 is 1.40 bits per heavy atom. The highest BCUT2D eigenvalue weighted by Gasteiger charge is 2.20. The maximum absolute atomic E-state index is 5.62. The highest BCUT2D eigenvalue weighted by atomic mass is 16.4. The molecule has 1 N–H and O–H groups in total. The molecule has 0 bridgehead atoms. The van der Waals surface area contributed by atoms with Gasteiger partial charge in [-0.3, -0.25) is 0 Å². The van der Waals surface area contributed by atoms with Gasteiger partial charge < -0.3 is 14.6 Å². The van der Waals surface area contributed by atoms with Gasteiger partial charge in [0, 0.05) is 13.1 Å². The van der Waals surface area contributed by atoms with E-state index in [9.17, 15) is 0 Å². The third-order valence-corrected chi connectivity index (χ3v) is 2.69. The minimum absolute atomic E-state index is 0.138. The summed E-state index contributed by atoms with van der Waals surface area (Å²) in [6.45, 7) is 7.08. The highest BCUT2D eigenvalue weighted by Crippen LogP contribution is 2.20. The second-order valence-corrected chi connectivity index (χ2v) is 3.90. The van der Waals surface area contributed by atoms with Crippen molar-refractivity contribution in [2.75, 3.05) is 24.5 Å². The minimum Gasteiger partial charge on any atom is -0.406 e. The summed E-state index contributed by atoms with van der Waals surface area (Å²) >= 11 is 0. The molecule has 1 aromatic rings. The smallest absolute Gasteiger partial charge is 0.318 e. The summed E-state index contributed by atoms with van der Waals surface area (Å²) in [5.74, 6) is 0.679. The SMILES string of the molecule is CCNC(C)c1nnc(N2CCCC2)o1. The van der Waals surface area contributed by atoms with Crippen LogP contribution in [-0.4, -0.2) is 29.8 Å². The van der Waals surface area contributed by atoms with Crippen molar-refractivity contribution in [1.29, 1.82) is 0 Å². The lowest BCUT2D eigenvalue weighted by Crippen LogP contribution is -2.18. The van der Waals surface area contributed by atoms with Gasteiger partial charge in [-0.25, -0.2) is 0 Å². The van der Waals surface area contributed by atoms with Gasteiger partial charge in [-0.15, -0.1) is 5.10 Å². The molecule has 1 aromatic heterocycles. The number of rotatable bonds is 4. The Labute approximate surface area is 89.9 Å². The van der Waals surface area contributed by atoms with E-state index in [1.165, 1.54) is 12.8 Å². The summed E-state index contributed by atoms with van der Waals surface area (Å²) in [6.07, 6.45) is 2.45. The topological polar surface area (TPSA) is 54.2 Å². The first-order valence-corrected chi connectivity index (χ1v) is 5.63. The number of nitrogens with one attached hydrogen (secondary N) is 1. The van der Waals surface area contributed by atoms with Crippen LogP contribution in [0.2, 0.25) is 0 Å². The fraction of sp³-hybridized carbons (Fsp3) is 0.800. The molecule has 15 heavy (non-hydrogen) atoms. The molecule has 5 nitrogen and oxygen atoms in total. The molecule has 1 unspecified atom stereocenters. The van der Waals surface area contributed by atoms with Crippen LogP contribution in [0, 0.1) is 0 Å². The summed E-state index contributed by atoms with van der Waals surface area (Å²) in [5.41, 5.74) is 0. The van der Waals surface area contributed by atoms with E-state index in [1.54, 1.807) is 0 Å². The second-order valence-electron chi connectivity index (χ2n) is 3.90. The molecular formula is C10H18N4O. The molecule has 1 saturated heterocycles.